The van der Waals surface area contributed by atoms with E-state index < -0.39 is 0 Å². The third kappa shape index (κ3) is 1.74. The molecule has 0 aromatic rings. The highest BCUT2D eigenvalue weighted by Crippen LogP contribution is 2.41. The summed E-state index contributed by atoms with van der Waals surface area (Å²) in [5.74, 6) is 0.435. The van der Waals surface area contributed by atoms with Crippen LogP contribution in [-0.4, -0.2) is 30.7 Å². The van der Waals surface area contributed by atoms with E-state index in [9.17, 15) is 4.79 Å². The van der Waals surface area contributed by atoms with Crippen LogP contribution in [-0.2, 0) is 9.63 Å². The van der Waals surface area contributed by atoms with E-state index >= 15 is 0 Å². The van der Waals surface area contributed by atoms with Gasteiger partial charge in [-0.3, -0.25) is 9.63 Å². The molecule has 0 N–H and O–H groups in total. The molecule has 0 aromatic carbocycles. The molecule has 1 heterocycles. The minimum absolute atomic E-state index is 0.0605. The maximum Gasteiger partial charge on any atom is 0.249 e. The first-order chi connectivity index (χ1) is 7.79. The molecule has 1 saturated heterocycles. The number of rotatable bonds is 3. The summed E-state index contributed by atoms with van der Waals surface area (Å²) in [6, 6.07) is -0.0706. The van der Waals surface area contributed by atoms with Gasteiger partial charge in [-0.25, -0.2) is 5.06 Å². The average molecular weight is 224 g/mol. The fourth-order valence-corrected chi connectivity index (χ4v) is 2.98. The highest BCUT2D eigenvalue weighted by atomic mass is 16.7. The van der Waals surface area contributed by atoms with E-state index in [-0.39, 0.29) is 17.9 Å². The Morgan fingerprint density at radius 1 is 1.56 bits per heavy atom. The van der Waals surface area contributed by atoms with Crippen molar-refractivity contribution in [1.82, 2.24) is 5.06 Å². The zero-order valence-corrected chi connectivity index (χ0v) is 9.37. The van der Waals surface area contributed by atoms with Gasteiger partial charge in [-0.05, 0) is 24.3 Å². The molecule has 2 fully saturated rings. The second kappa shape index (κ2) is 4.72. The topological polar surface area (TPSA) is 78.3 Å². The molecule has 0 radical (unpaired) electrons. The lowest BCUT2D eigenvalue weighted by Crippen LogP contribution is -2.36. The summed E-state index contributed by atoms with van der Waals surface area (Å²) in [5.41, 5.74) is 8.36. The maximum absolute atomic E-state index is 12.0. The predicted molar refractivity (Wildman–Crippen MR) is 57.1 cm³/mol. The van der Waals surface area contributed by atoms with Crippen LogP contribution in [0, 0.1) is 11.8 Å². The quantitative estimate of drug-likeness (QED) is 0.416. The molecule has 2 rings (SSSR count). The lowest BCUT2D eigenvalue weighted by molar-refractivity contribution is -0.179. The minimum Gasteiger partial charge on any atom is -0.274 e. The van der Waals surface area contributed by atoms with E-state index in [4.69, 9.17) is 10.4 Å². The van der Waals surface area contributed by atoms with Gasteiger partial charge in [-0.1, -0.05) is 18.0 Å². The van der Waals surface area contributed by atoms with Crippen LogP contribution >= 0.6 is 0 Å². The Labute approximate surface area is 94.1 Å². The summed E-state index contributed by atoms with van der Waals surface area (Å²) >= 11 is 0. The Bertz CT molecular complexity index is 327. The Morgan fingerprint density at radius 3 is 3.00 bits per heavy atom. The van der Waals surface area contributed by atoms with Crippen molar-refractivity contribution in [1.29, 1.82) is 0 Å². The van der Waals surface area contributed by atoms with Crippen molar-refractivity contribution in [3.8, 4) is 0 Å². The average Bonchev–Trinajstić information content (AvgIpc) is 2.60. The molecule has 0 spiro atoms. The lowest BCUT2D eigenvalue weighted by Gasteiger charge is -2.27. The zero-order valence-electron chi connectivity index (χ0n) is 9.37. The molecule has 88 valence electrons. The fourth-order valence-electron chi connectivity index (χ4n) is 2.98. The van der Waals surface area contributed by atoms with Gasteiger partial charge in [0.25, 0.3) is 0 Å². The van der Waals surface area contributed by atoms with Crippen molar-refractivity contribution < 1.29 is 9.63 Å². The molecule has 0 unspecified atom stereocenters. The molecule has 1 aliphatic carbocycles. The van der Waals surface area contributed by atoms with Crippen molar-refractivity contribution in [2.75, 3.05) is 13.7 Å². The number of hydroxylamine groups is 2. The number of nitrogens with zero attached hydrogens (tertiary/aromatic N) is 4. The SMILES string of the molecule is CON1C(=O)[C@@H]2CCCC[C@@H]2[C@H]1CN=[N+]=[N-]. The Kier molecular flexibility index (Phi) is 3.31. The summed E-state index contributed by atoms with van der Waals surface area (Å²) in [4.78, 5) is 19.9. The highest BCUT2D eigenvalue weighted by Gasteiger charge is 2.48. The third-order valence-corrected chi connectivity index (χ3v) is 3.68. The van der Waals surface area contributed by atoms with Crippen LogP contribution in [0.1, 0.15) is 25.7 Å². The number of hydrogen-bond donors (Lipinski definition) is 0. The number of azide groups is 1. The molecule has 1 aliphatic heterocycles. The van der Waals surface area contributed by atoms with Crippen LogP contribution in [0.5, 0.6) is 0 Å². The fraction of sp³-hybridized carbons (Fsp3) is 0.900. The summed E-state index contributed by atoms with van der Waals surface area (Å²) in [5, 5.41) is 5.00. The van der Waals surface area contributed by atoms with Crippen molar-refractivity contribution in [3.63, 3.8) is 0 Å². The summed E-state index contributed by atoms with van der Waals surface area (Å²) in [7, 11) is 1.50. The van der Waals surface area contributed by atoms with Crippen LogP contribution in [0.4, 0.5) is 0 Å². The molecular weight excluding hydrogens is 208 g/mol. The van der Waals surface area contributed by atoms with Crippen LogP contribution in [0.2, 0.25) is 0 Å². The Morgan fingerprint density at radius 2 is 2.31 bits per heavy atom. The van der Waals surface area contributed by atoms with Crippen molar-refractivity contribution in [2.45, 2.75) is 31.7 Å². The molecule has 16 heavy (non-hydrogen) atoms. The van der Waals surface area contributed by atoms with Gasteiger partial charge in [-0.2, -0.15) is 0 Å². The van der Waals surface area contributed by atoms with Crippen molar-refractivity contribution in [3.05, 3.63) is 10.4 Å². The molecule has 6 heteroatoms. The normalized spacial score (nSPS) is 33.4. The first-order valence-electron chi connectivity index (χ1n) is 5.67. The van der Waals surface area contributed by atoms with Crippen LogP contribution in [0.15, 0.2) is 5.11 Å². The first kappa shape index (κ1) is 11.2. The number of hydrogen-bond acceptors (Lipinski definition) is 3. The second-order valence-electron chi connectivity index (χ2n) is 4.38. The van der Waals surface area contributed by atoms with Gasteiger partial charge in [0.05, 0.1) is 13.2 Å². The van der Waals surface area contributed by atoms with E-state index in [2.05, 4.69) is 10.0 Å². The molecule has 3 atom stereocenters. The standard InChI is InChI=1S/C10H16N4O2/c1-16-14-9(6-12-13-11)7-4-2-3-5-8(7)10(14)15/h7-9H,2-6H2,1H3/t7-,8+,9+/m0/s1. The molecule has 0 bridgehead atoms. The smallest absolute Gasteiger partial charge is 0.249 e. The number of fused-ring (bicyclic) bond motifs is 1. The van der Waals surface area contributed by atoms with Gasteiger partial charge in [0.2, 0.25) is 5.91 Å². The predicted octanol–water partition coefficient (Wildman–Crippen LogP) is 1.88. The number of amides is 1. The van der Waals surface area contributed by atoms with E-state index in [1.807, 2.05) is 0 Å². The van der Waals surface area contributed by atoms with E-state index in [1.54, 1.807) is 0 Å². The third-order valence-electron chi connectivity index (χ3n) is 3.68. The van der Waals surface area contributed by atoms with Crippen LogP contribution in [0.3, 0.4) is 0 Å². The highest BCUT2D eigenvalue weighted by molar-refractivity contribution is 5.81. The Balaban J connectivity index is 2.18. The van der Waals surface area contributed by atoms with E-state index in [0.717, 1.165) is 25.7 Å². The number of carbonyl (C=O) groups excluding carboxylic acids is 1. The lowest BCUT2D eigenvalue weighted by atomic mass is 9.78. The molecule has 1 amide bonds. The van der Waals surface area contributed by atoms with Crippen LogP contribution < -0.4 is 0 Å². The summed E-state index contributed by atoms with van der Waals surface area (Å²) < 4.78 is 0. The van der Waals surface area contributed by atoms with Gasteiger partial charge in [-0.15, -0.1) is 0 Å². The van der Waals surface area contributed by atoms with Crippen molar-refractivity contribution >= 4 is 5.91 Å². The van der Waals surface area contributed by atoms with Gasteiger partial charge >= 0.3 is 0 Å². The monoisotopic (exact) mass is 224 g/mol. The molecule has 6 nitrogen and oxygen atoms in total. The van der Waals surface area contributed by atoms with Crippen LogP contribution in [0.25, 0.3) is 10.4 Å². The summed E-state index contributed by atoms with van der Waals surface area (Å²) in [6.07, 6.45) is 4.23. The number of carbonyl (C=O) groups is 1. The maximum atomic E-state index is 12.0. The molecular formula is C10H16N4O2. The van der Waals surface area contributed by atoms with E-state index in [1.165, 1.54) is 12.2 Å². The zero-order chi connectivity index (χ0) is 11.5. The molecule has 2 aliphatic rings. The van der Waals surface area contributed by atoms with Gasteiger partial charge in [0.15, 0.2) is 0 Å². The van der Waals surface area contributed by atoms with Gasteiger partial charge in [0, 0.05) is 17.4 Å². The Hall–Kier alpha value is -1.26. The van der Waals surface area contributed by atoms with Crippen molar-refractivity contribution in [2.24, 2.45) is 17.0 Å². The van der Waals surface area contributed by atoms with Gasteiger partial charge in [0.1, 0.15) is 0 Å². The van der Waals surface area contributed by atoms with Gasteiger partial charge < -0.3 is 0 Å². The molecule has 1 saturated carbocycles. The second-order valence-corrected chi connectivity index (χ2v) is 4.38. The summed E-state index contributed by atoms with van der Waals surface area (Å²) in [6.45, 7) is 0.317. The van der Waals surface area contributed by atoms with E-state index in [0.29, 0.717) is 12.5 Å². The largest absolute Gasteiger partial charge is 0.274 e. The first-order valence-corrected chi connectivity index (χ1v) is 5.67. The minimum atomic E-state index is -0.0706. The molecule has 0 aromatic heterocycles.